The molecule has 0 spiro atoms. The third-order valence-electron chi connectivity index (χ3n) is 3.73. The standard InChI is InChI=1S/C17H18FN3OS/c1-10(2)21(8-13-5-4-11(3)23-13)17(22)14-6-12(18)7-15-16(14)20-9-19-15/h4-7,9-10H,8H2,1-3H3,(H,19,20). The number of aromatic nitrogens is 2. The van der Waals surface area contributed by atoms with Crippen molar-refractivity contribution in [2.75, 3.05) is 0 Å². The highest BCUT2D eigenvalue weighted by Crippen LogP contribution is 2.23. The molecule has 2 aromatic heterocycles. The van der Waals surface area contributed by atoms with Gasteiger partial charge in [-0.05, 0) is 45.0 Å². The van der Waals surface area contributed by atoms with E-state index in [1.54, 1.807) is 16.2 Å². The quantitative estimate of drug-likeness (QED) is 0.782. The number of imidazole rings is 1. The number of thiophene rings is 1. The molecule has 4 nitrogen and oxygen atoms in total. The average molecular weight is 331 g/mol. The summed E-state index contributed by atoms with van der Waals surface area (Å²) < 4.78 is 13.8. The van der Waals surface area contributed by atoms with E-state index in [0.717, 1.165) is 4.88 Å². The minimum absolute atomic E-state index is 0.00200. The van der Waals surface area contributed by atoms with Crippen LogP contribution >= 0.6 is 11.3 Å². The molecule has 1 aromatic carbocycles. The van der Waals surface area contributed by atoms with Crippen molar-refractivity contribution in [1.29, 1.82) is 0 Å². The monoisotopic (exact) mass is 331 g/mol. The fraction of sp³-hybridized carbons (Fsp3) is 0.294. The third kappa shape index (κ3) is 3.12. The lowest BCUT2D eigenvalue weighted by Crippen LogP contribution is -2.36. The van der Waals surface area contributed by atoms with Crippen molar-refractivity contribution < 1.29 is 9.18 Å². The van der Waals surface area contributed by atoms with Gasteiger partial charge in [-0.1, -0.05) is 0 Å². The van der Waals surface area contributed by atoms with Gasteiger partial charge in [0.05, 0.1) is 24.0 Å². The molecule has 0 fully saturated rings. The van der Waals surface area contributed by atoms with Crippen molar-refractivity contribution in [1.82, 2.24) is 14.9 Å². The highest BCUT2D eigenvalue weighted by Gasteiger charge is 2.23. The van der Waals surface area contributed by atoms with Crippen molar-refractivity contribution in [3.63, 3.8) is 0 Å². The Kier molecular flexibility index (Phi) is 4.17. The molecule has 1 N–H and O–H groups in total. The highest BCUT2D eigenvalue weighted by atomic mass is 32.1. The van der Waals surface area contributed by atoms with Crippen molar-refractivity contribution in [3.8, 4) is 0 Å². The first-order valence-electron chi connectivity index (χ1n) is 7.44. The number of amides is 1. The summed E-state index contributed by atoms with van der Waals surface area (Å²) >= 11 is 1.66. The largest absolute Gasteiger partial charge is 0.344 e. The Bertz CT molecular complexity index is 853. The van der Waals surface area contributed by atoms with Crippen LogP contribution in [0.15, 0.2) is 30.6 Å². The Labute approximate surface area is 138 Å². The number of H-pyrrole nitrogens is 1. The second-order valence-electron chi connectivity index (χ2n) is 5.79. The SMILES string of the molecule is Cc1ccc(CN(C(=O)c2cc(F)cc3[nH]cnc23)C(C)C)s1. The summed E-state index contributed by atoms with van der Waals surface area (Å²) in [6, 6.07) is 6.68. The Balaban J connectivity index is 1.98. The van der Waals surface area contributed by atoms with Gasteiger partial charge in [0.2, 0.25) is 0 Å². The van der Waals surface area contributed by atoms with E-state index < -0.39 is 5.82 Å². The van der Waals surface area contributed by atoms with Crippen molar-refractivity contribution in [3.05, 3.63) is 51.7 Å². The van der Waals surface area contributed by atoms with Crippen LogP contribution in [0.25, 0.3) is 11.0 Å². The maximum absolute atomic E-state index is 13.8. The average Bonchev–Trinajstić information content (AvgIpc) is 3.11. The summed E-state index contributed by atoms with van der Waals surface area (Å²) in [6.07, 6.45) is 1.48. The minimum Gasteiger partial charge on any atom is -0.344 e. The smallest absolute Gasteiger partial charge is 0.256 e. The minimum atomic E-state index is -0.444. The molecule has 3 rings (SSSR count). The van der Waals surface area contributed by atoms with E-state index in [-0.39, 0.29) is 11.9 Å². The van der Waals surface area contributed by atoms with E-state index in [0.29, 0.717) is 23.1 Å². The zero-order valence-corrected chi connectivity index (χ0v) is 14.1. The number of hydrogen-bond donors (Lipinski definition) is 1. The molecule has 0 aliphatic carbocycles. The molecule has 2 heterocycles. The van der Waals surface area contributed by atoms with Crippen LogP contribution in [-0.2, 0) is 6.54 Å². The molecule has 23 heavy (non-hydrogen) atoms. The fourth-order valence-electron chi connectivity index (χ4n) is 2.56. The molecule has 0 atom stereocenters. The van der Waals surface area contributed by atoms with Crippen LogP contribution in [0.4, 0.5) is 4.39 Å². The number of fused-ring (bicyclic) bond motifs is 1. The van der Waals surface area contributed by atoms with E-state index in [4.69, 9.17) is 0 Å². The highest BCUT2D eigenvalue weighted by molar-refractivity contribution is 7.11. The van der Waals surface area contributed by atoms with Gasteiger partial charge in [-0.2, -0.15) is 0 Å². The molecular weight excluding hydrogens is 313 g/mol. The number of nitrogens with one attached hydrogen (secondary N) is 1. The van der Waals surface area contributed by atoms with Gasteiger partial charge < -0.3 is 9.88 Å². The zero-order valence-electron chi connectivity index (χ0n) is 13.3. The molecule has 0 aliphatic rings. The van der Waals surface area contributed by atoms with E-state index in [9.17, 15) is 9.18 Å². The summed E-state index contributed by atoms with van der Waals surface area (Å²) in [6.45, 7) is 6.46. The van der Waals surface area contributed by atoms with Gasteiger partial charge in [0.15, 0.2) is 0 Å². The number of halogens is 1. The Hall–Kier alpha value is -2.21. The van der Waals surface area contributed by atoms with Crippen LogP contribution in [0.2, 0.25) is 0 Å². The number of aryl methyl sites for hydroxylation is 1. The number of nitrogens with zero attached hydrogens (tertiary/aromatic N) is 2. The van der Waals surface area contributed by atoms with Crippen LogP contribution in [-0.4, -0.2) is 26.8 Å². The van der Waals surface area contributed by atoms with E-state index in [1.807, 2.05) is 32.9 Å². The van der Waals surface area contributed by atoms with Gasteiger partial charge in [0, 0.05) is 15.8 Å². The first kappa shape index (κ1) is 15.7. The first-order chi connectivity index (χ1) is 11.0. The number of carbonyl (C=O) groups excluding carboxylic acids is 1. The van der Waals surface area contributed by atoms with E-state index >= 15 is 0 Å². The summed E-state index contributed by atoms with van der Waals surface area (Å²) in [5, 5.41) is 0. The Morgan fingerprint density at radius 2 is 2.17 bits per heavy atom. The summed E-state index contributed by atoms with van der Waals surface area (Å²) in [4.78, 5) is 24.1. The molecule has 1 amide bonds. The third-order valence-corrected chi connectivity index (χ3v) is 4.71. The maximum Gasteiger partial charge on any atom is 0.256 e. The number of carbonyl (C=O) groups is 1. The summed E-state index contributed by atoms with van der Waals surface area (Å²) in [5.41, 5.74) is 1.33. The summed E-state index contributed by atoms with van der Waals surface area (Å²) in [7, 11) is 0. The lowest BCUT2D eigenvalue weighted by Gasteiger charge is -2.26. The van der Waals surface area contributed by atoms with Crippen LogP contribution < -0.4 is 0 Å². The predicted molar refractivity (Wildman–Crippen MR) is 90.1 cm³/mol. The lowest BCUT2D eigenvalue weighted by atomic mass is 10.1. The Morgan fingerprint density at radius 3 is 2.83 bits per heavy atom. The van der Waals surface area contributed by atoms with Gasteiger partial charge in [0.25, 0.3) is 5.91 Å². The second kappa shape index (κ2) is 6.12. The number of benzene rings is 1. The topological polar surface area (TPSA) is 49.0 Å². The molecule has 0 unspecified atom stereocenters. The second-order valence-corrected chi connectivity index (χ2v) is 7.16. The van der Waals surface area contributed by atoms with E-state index in [1.165, 1.54) is 23.3 Å². The van der Waals surface area contributed by atoms with Crippen LogP contribution in [0.3, 0.4) is 0 Å². The molecule has 0 radical (unpaired) electrons. The molecule has 120 valence electrons. The van der Waals surface area contributed by atoms with Gasteiger partial charge in [-0.3, -0.25) is 4.79 Å². The molecule has 0 saturated heterocycles. The molecule has 3 aromatic rings. The van der Waals surface area contributed by atoms with Crippen LogP contribution in [0, 0.1) is 12.7 Å². The lowest BCUT2D eigenvalue weighted by molar-refractivity contribution is 0.0694. The molecule has 6 heteroatoms. The molecular formula is C17H18FN3OS. The van der Waals surface area contributed by atoms with Gasteiger partial charge in [-0.15, -0.1) is 11.3 Å². The van der Waals surface area contributed by atoms with Crippen molar-refractivity contribution >= 4 is 28.3 Å². The number of rotatable bonds is 4. The predicted octanol–water partition coefficient (Wildman–Crippen LogP) is 4.12. The number of hydrogen-bond acceptors (Lipinski definition) is 3. The zero-order chi connectivity index (χ0) is 16.6. The van der Waals surface area contributed by atoms with E-state index in [2.05, 4.69) is 9.97 Å². The molecule has 0 saturated carbocycles. The van der Waals surface area contributed by atoms with Gasteiger partial charge in [0.1, 0.15) is 11.3 Å². The number of aromatic amines is 1. The fourth-order valence-corrected chi connectivity index (χ4v) is 3.45. The van der Waals surface area contributed by atoms with Crippen LogP contribution in [0.1, 0.15) is 34.0 Å². The molecule has 0 bridgehead atoms. The normalized spacial score (nSPS) is 11.3. The van der Waals surface area contributed by atoms with Gasteiger partial charge >= 0.3 is 0 Å². The van der Waals surface area contributed by atoms with Crippen molar-refractivity contribution in [2.45, 2.75) is 33.4 Å². The van der Waals surface area contributed by atoms with Crippen LogP contribution in [0.5, 0.6) is 0 Å². The van der Waals surface area contributed by atoms with Crippen molar-refractivity contribution in [2.24, 2.45) is 0 Å². The Morgan fingerprint density at radius 1 is 1.39 bits per heavy atom. The first-order valence-corrected chi connectivity index (χ1v) is 8.26. The molecule has 0 aliphatic heterocycles. The van der Waals surface area contributed by atoms with Gasteiger partial charge in [-0.25, -0.2) is 9.37 Å². The maximum atomic E-state index is 13.8. The summed E-state index contributed by atoms with van der Waals surface area (Å²) in [5.74, 6) is -0.650.